The summed E-state index contributed by atoms with van der Waals surface area (Å²) in [6, 6.07) is 5.83. The van der Waals surface area contributed by atoms with E-state index in [-0.39, 0.29) is 5.95 Å². The van der Waals surface area contributed by atoms with E-state index in [0.717, 1.165) is 40.6 Å². The minimum atomic E-state index is 0.225. The second kappa shape index (κ2) is 6.15. The van der Waals surface area contributed by atoms with Crippen molar-refractivity contribution in [3.05, 3.63) is 27.1 Å². The van der Waals surface area contributed by atoms with Gasteiger partial charge < -0.3 is 16.0 Å². The molecule has 2 heterocycles. The molecule has 3 N–H and O–H groups in total. The van der Waals surface area contributed by atoms with E-state index in [0.29, 0.717) is 11.9 Å². The first-order valence-electron chi connectivity index (χ1n) is 6.60. The minimum absolute atomic E-state index is 0.225. The maximum atomic E-state index is 5.79. The summed E-state index contributed by atoms with van der Waals surface area (Å²) in [4.78, 5) is 14.9. The largest absolute Gasteiger partial charge is 0.368 e. The molecular weight excluding hydrogens is 400 g/mol. The fraction of sp³-hybridized carbons (Fsp3) is 0.308. The molecule has 2 aromatic rings. The smallest absolute Gasteiger partial charge is 0.233 e. The molecule has 0 bridgehead atoms. The van der Waals surface area contributed by atoms with Gasteiger partial charge in [-0.15, -0.1) is 0 Å². The van der Waals surface area contributed by atoms with Crippen molar-refractivity contribution in [1.29, 1.82) is 0 Å². The molecule has 0 amide bonds. The lowest BCUT2D eigenvalue weighted by molar-refractivity contribution is 0.887. The zero-order valence-electron chi connectivity index (χ0n) is 11.2. The third-order valence-corrected chi connectivity index (χ3v) is 4.36. The second-order valence-electron chi connectivity index (χ2n) is 4.76. The Morgan fingerprint density at radius 1 is 1.10 bits per heavy atom. The molecule has 0 radical (unpaired) electrons. The lowest BCUT2D eigenvalue weighted by Gasteiger charge is -2.16. The average Bonchev–Trinajstić information content (AvgIpc) is 2.95. The lowest BCUT2D eigenvalue weighted by atomic mass is 10.3. The average molecular weight is 414 g/mol. The van der Waals surface area contributed by atoms with Crippen LogP contribution in [0.2, 0.25) is 0 Å². The van der Waals surface area contributed by atoms with Crippen molar-refractivity contribution in [1.82, 2.24) is 15.0 Å². The Balaban J connectivity index is 1.87. The molecule has 1 aromatic heterocycles. The van der Waals surface area contributed by atoms with Gasteiger partial charge in [0, 0.05) is 22.0 Å². The highest BCUT2D eigenvalue weighted by atomic mass is 79.9. The molecule has 1 saturated heterocycles. The van der Waals surface area contributed by atoms with Gasteiger partial charge in [-0.25, -0.2) is 0 Å². The van der Waals surface area contributed by atoms with Gasteiger partial charge in [0.2, 0.25) is 17.8 Å². The summed E-state index contributed by atoms with van der Waals surface area (Å²) >= 11 is 6.93. The predicted octanol–water partition coefficient (Wildman–Crippen LogP) is 3.32. The Morgan fingerprint density at radius 2 is 1.86 bits per heavy atom. The van der Waals surface area contributed by atoms with E-state index in [9.17, 15) is 0 Å². The molecule has 0 saturated carbocycles. The van der Waals surface area contributed by atoms with Crippen LogP contribution >= 0.6 is 31.9 Å². The Morgan fingerprint density at radius 3 is 2.57 bits per heavy atom. The molecule has 110 valence electrons. The molecule has 8 heteroatoms. The number of anilines is 4. The number of nitrogen functional groups attached to an aromatic ring is 1. The van der Waals surface area contributed by atoms with Crippen LogP contribution in [0.5, 0.6) is 0 Å². The first-order valence-corrected chi connectivity index (χ1v) is 8.19. The van der Waals surface area contributed by atoms with Crippen LogP contribution < -0.4 is 16.0 Å². The third kappa shape index (κ3) is 3.44. The molecule has 0 aliphatic carbocycles. The van der Waals surface area contributed by atoms with E-state index in [2.05, 4.69) is 57.0 Å². The fourth-order valence-electron chi connectivity index (χ4n) is 2.21. The van der Waals surface area contributed by atoms with Crippen LogP contribution in [0.4, 0.5) is 23.5 Å². The summed E-state index contributed by atoms with van der Waals surface area (Å²) in [6.07, 6.45) is 2.32. The molecule has 1 aromatic carbocycles. The molecule has 0 unspecified atom stereocenters. The van der Waals surface area contributed by atoms with Crippen LogP contribution in [0, 0.1) is 0 Å². The molecule has 1 aliphatic heterocycles. The maximum absolute atomic E-state index is 5.79. The van der Waals surface area contributed by atoms with Crippen LogP contribution in [-0.4, -0.2) is 28.0 Å². The SMILES string of the molecule is Nc1nc(Nc2ccc(Br)cc2Br)nc(N2CCCC2)n1. The molecule has 0 atom stereocenters. The number of hydrogen-bond acceptors (Lipinski definition) is 6. The second-order valence-corrected chi connectivity index (χ2v) is 6.53. The topological polar surface area (TPSA) is 80.0 Å². The first-order chi connectivity index (χ1) is 10.1. The van der Waals surface area contributed by atoms with Crippen molar-refractivity contribution >= 4 is 55.4 Å². The van der Waals surface area contributed by atoms with E-state index < -0.39 is 0 Å². The fourth-order valence-corrected chi connectivity index (χ4v) is 3.35. The molecular formula is C13H14Br2N6. The van der Waals surface area contributed by atoms with Gasteiger partial charge in [-0.2, -0.15) is 15.0 Å². The number of benzene rings is 1. The van der Waals surface area contributed by atoms with Gasteiger partial charge in [-0.05, 0) is 47.0 Å². The number of nitrogens with two attached hydrogens (primary N) is 1. The zero-order chi connectivity index (χ0) is 14.8. The van der Waals surface area contributed by atoms with E-state index >= 15 is 0 Å². The van der Waals surface area contributed by atoms with Crippen LogP contribution in [0.25, 0.3) is 0 Å². The van der Waals surface area contributed by atoms with Gasteiger partial charge in [0.1, 0.15) is 0 Å². The van der Waals surface area contributed by atoms with Gasteiger partial charge in [0.05, 0.1) is 5.69 Å². The van der Waals surface area contributed by atoms with E-state index in [1.165, 1.54) is 0 Å². The summed E-state index contributed by atoms with van der Waals surface area (Å²) in [5.41, 5.74) is 6.67. The molecule has 1 aliphatic rings. The Kier molecular flexibility index (Phi) is 4.25. The lowest BCUT2D eigenvalue weighted by Crippen LogP contribution is -2.22. The number of halogens is 2. The Bertz CT molecular complexity index is 657. The van der Waals surface area contributed by atoms with Gasteiger partial charge >= 0.3 is 0 Å². The van der Waals surface area contributed by atoms with Crippen molar-refractivity contribution < 1.29 is 0 Å². The highest BCUT2D eigenvalue weighted by Crippen LogP contribution is 2.28. The maximum Gasteiger partial charge on any atom is 0.233 e. The normalized spacial score (nSPS) is 14.5. The molecule has 3 rings (SSSR count). The van der Waals surface area contributed by atoms with Gasteiger partial charge in [-0.1, -0.05) is 15.9 Å². The van der Waals surface area contributed by atoms with Crippen molar-refractivity contribution in [3.63, 3.8) is 0 Å². The summed E-state index contributed by atoms with van der Waals surface area (Å²) in [5.74, 6) is 1.31. The quantitative estimate of drug-likeness (QED) is 0.803. The van der Waals surface area contributed by atoms with E-state index in [1.54, 1.807) is 0 Å². The highest BCUT2D eigenvalue weighted by Gasteiger charge is 2.17. The van der Waals surface area contributed by atoms with Gasteiger partial charge in [0.15, 0.2) is 0 Å². The van der Waals surface area contributed by atoms with Crippen LogP contribution in [0.3, 0.4) is 0 Å². The van der Waals surface area contributed by atoms with Crippen molar-refractivity contribution in [2.45, 2.75) is 12.8 Å². The van der Waals surface area contributed by atoms with Crippen LogP contribution in [0.1, 0.15) is 12.8 Å². The Labute approximate surface area is 139 Å². The standard InChI is InChI=1S/C13H14Br2N6/c14-8-3-4-10(9(15)7-8)17-12-18-11(16)19-13(20-12)21-5-1-2-6-21/h3-4,7H,1-2,5-6H2,(H3,16,17,18,19,20). The number of nitrogens with zero attached hydrogens (tertiary/aromatic N) is 4. The molecule has 1 fully saturated rings. The number of rotatable bonds is 3. The third-order valence-electron chi connectivity index (χ3n) is 3.21. The van der Waals surface area contributed by atoms with E-state index in [1.807, 2.05) is 18.2 Å². The van der Waals surface area contributed by atoms with Gasteiger partial charge in [-0.3, -0.25) is 0 Å². The van der Waals surface area contributed by atoms with Crippen molar-refractivity contribution in [2.24, 2.45) is 0 Å². The molecule has 6 nitrogen and oxygen atoms in total. The minimum Gasteiger partial charge on any atom is -0.368 e. The zero-order valence-corrected chi connectivity index (χ0v) is 14.4. The van der Waals surface area contributed by atoms with Gasteiger partial charge in [0.25, 0.3) is 0 Å². The predicted molar refractivity (Wildman–Crippen MR) is 90.8 cm³/mol. The first kappa shape index (κ1) is 14.5. The molecule has 0 spiro atoms. The number of hydrogen-bond donors (Lipinski definition) is 2. The summed E-state index contributed by atoms with van der Waals surface area (Å²) < 4.78 is 1.91. The summed E-state index contributed by atoms with van der Waals surface area (Å²) in [7, 11) is 0. The van der Waals surface area contributed by atoms with E-state index in [4.69, 9.17) is 5.73 Å². The van der Waals surface area contributed by atoms with Crippen LogP contribution in [0.15, 0.2) is 27.1 Å². The van der Waals surface area contributed by atoms with Crippen LogP contribution in [-0.2, 0) is 0 Å². The summed E-state index contributed by atoms with van der Waals surface area (Å²) in [5, 5.41) is 3.17. The number of aromatic nitrogens is 3. The summed E-state index contributed by atoms with van der Waals surface area (Å²) in [6.45, 7) is 1.93. The highest BCUT2D eigenvalue weighted by molar-refractivity contribution is 9.11. The monoisotopic (exact) mass is 412 g/mol. The van der Waals surface area contributed by atoms with Crippen molar-refractivity contribution in [2.75, 3.05) is 29.0 Å². The Hall–Kier alpha value is -1.41. The van der Waals surface area contributed by atoms with Crippen molar-refractivity contribution in [3.8, 4) is 0 Å². The molecule has 21 heavy (non-hydrogen) atoms. The number of nitrogens with one attached hydrogen (secondary N) is 1.